The molecule has 0 atom stereocenters. The molecular weight excluding hydrogens is 418 g/mol. The summed E-state index contributed by atoms with van der Waals surface area (Å²) in [7, 11) is 3.32. The van der Waals surface area contributed by atoms with E-state index in [-0.39, 0.29) is 0 Å². The Morgan fingerprint density at radius 2 is 1.80 bits per heavy atom. The molecule has 2 aromatic carbocycles. The van der Waals surface area contributed by atoms with Crippen LogP contribution < -0.4 is 19.7 Å². The van der Waals surface area contributed by atoms with Gasteiger partial charge in [-0.3, -0.25) is 0 Å². The average molecular weight is 444 g/mol. The second-order valence-electron chi connectivity index (χ2n) is 7.17. The van der Waals surface area contributed by atoms with E-state index in [1.54, 1.807) is 25.6 Å². The number of hydrogen-bond acceptors (Lipinski definition) is 6. The highest BCUT2D eigenvalue weighted by Crippen LogP contribution is 2.37. The molecule has 3 aromatic rings. The van der Waals surface area contributed by atoms with Gasteiger partial charge >= 0.3 is 0 Å². The molecule has 5 nitrogen and oxygen atoms in total. The van der Waals surface area contributed by atoms with Crippen LogP contribution in [0.25, 0.3) is 11.3 Å². The van der Waals surface area contributed by atoms with Crippen molar-refractivity contribution in [2.75, 3.05) is 45.3 Å². The predicted molar refractivity (Wildman–Crippen MR) is 125 cm³/mol. The van der Waals surface area contributed by atoms with Crippen LogP contribution in [0.15, 0.2) is 42.5 Å². The first kappa shape index (κ1) is 21.0. The Labute approximate surface area is 186 Å². The maximum atomic E-state index is 6.53. The molecule has 7 heteroatoms. The first-order valence-electron chi connectivity index (χ1n) is 10.1. The van der Waals surface area contributed by atoms with Gasteiger partial charge in [-0.1, -0.05) is 35.9 Å². The van der Waals surface area contributed by atoms with Gasteiger partial charge in [0.2, 0.25) is 0 Å². The summed E-state index contributed by atoms with van der Waals surface area (Å²) >= 11 is 8.31. The molecule has 1 fully saturated rings. The minimum absolute atomic E-state index is 0.738. The third-order valence-corrected chi connectivity index (χ3v) is 6.80. The molecular formula is C23H26ClN3O2S. The second-order valence-corrected chi connectivity index (χ2v) is 8.64. The number of hydrogen-bond donors (Lipinski definition) is 1. The Hall–Kier alpha value is -2.28. The second kappa shape index (κ2) is 9.69. The Morgan fingerprint density at radius 1 is 1.03 bits per heavy atom. The van der Waals surface area contributed by atoms with E-state index in [4.69, 9.17) is 26.1 Å². The molecule has 1 aromatic heterocycles. The zero-order valence-electron chi connectivity index (χ0n) is 17.3. The Kier molecular flexibility index (Phi) is 6.77. The van der Waals surface area contributed by atoms with Crippen molar-refractivity contribution in [3.8, 4) is 22.8 Å². The van der Waals surface area contributed by atoms with Crippen molar-refractivity contribution in [1.82, 2.24) is 10.3 Å². The number of piperazine rings is 1. The normalized spacial score (nSPS) is 14.0. The highest BCUT2D eigenvalue weighted by Gasteiger charge is 2.20. The van der Waals surface area contributed by atoms with E-state index in [9.17, 15) is 0 Å². The van der Waals surface area contributed by atoms with Crippen LogP contribution in [-0.4, -0.2) is 45.4 Å². The fraction of sp³-hybridized carbons (Fsp3) is 0.348. The van der Waals surface area contributed by atoms with Gasteiger partial charge in [0.1, 0.15) is 0 Å². The lowest BCUT2D eigenvalue weighted by atomic mass is 10.0. The van der Waals surface area contributed by atoms with Gasteiger partial charge < -0.3 is 19.7 Å². The van der Waals surface area contributed by atoms with Crippen LogP contribution in [-0.2, 0) is 12.8 Å². The number of methoxy groups -OCH3 is 2. The zero-order valence-corrected chi connectivity index (χ0v) is 18.9. The molecule has 4 rings (SSSR count). The summed E-state index contributed by atoms with van der Waals surface area (Å²) < 4.78 is 10.8. The van der Waals surface area contributed by atoms with Gasteiger partial charge in [-0.25, -0.2) is 4.98 Å². The number of aromatic nitrogens is 1. The van der Waals surface area contributed by atoms with Crippen molar-refractivity contribution < 1.29 is 9.47 Å². The molecule has 1 aliphatic rings. The smallest absolute Gasteiger partial charge is 0.186 e. The van der Waals surface area contributed by atoms with E-state index in [0.717, 1.165) is 71.9 Å². The van der Waals surface area contributed by atoms with E-state index < -0.39 is 0 Å². The number of halogens is 1. The summed E-state index contributed by atoms with van der Waals surface area (Å²) in [5.74, 6) is 1.50. The zero-order chi connectivity index (χ0) is 20.9. The molecule has 0 aliphatic carbocycles. The standard InChI is InChI=1S/C23H26ClN3O2S/c1-28-19-9-7-16(15-20(19)29-2)8-10-21-22(17-5-3-4-6-18(17)24)26-23(30-21)27-13-11-25-12-14-27/h3-7,9,15,25H,8,10-14H2,1-2H3. The first-order chi connectivity index (χ1) is 14.7. The number of nitrogens with one attached hydrogen (secondary N) is 1. The molecule has 0 spiro atoms. The summed E-state index contributed by atoms with van der Waals surface area (Å²) in [5.41, 5.74) is 3.20. The largest absolute Gasteiger partial charge is 0.493 e. The van der Waals surface area contributed by atoms with Crippen molar-refractivity contribution in [2.45, 2.75) is 12.8 Å². The molecule has 0 radical (unpaired) electrons. The topological polar surface area (TPSA) is 46.6 Å². The van der Waals surface area contributed by atoms with Crippen LogP contribution in [0.2, 0.25) is 5.02 Å². The lowest BCUT2D eigenvalue weighted by Gasteiger charge is -2.26. The van der Waals surface area contributed by atoms with Gasteiger partial charge in [0.15, 0.2) is 16.6 Å². The number of benzene rings is 2. The fourth-order valence-electron chi connectivity index (χ4n) is 3.66. The van der Waals surface area contributed by atoms with Gasteiger partial charge in [-0.2, -0.15) is 0 Å². The highest BCUT2D eigenvalue weighted by molar-refractivity contribution is 7.16. The van der Waals surface area contributed by atoms with Crippen LogP contribution in [0.1, 0.15) is 10.4 Å². The summed E-state index contributed by atoms with van der Waals surface area (Å²) in [6.07, 6.45) is 1.78. The third kappa shape index (κ3) is 4.56. The van der Waals surface area contributed by atoms with E-state index in [2.05, 4.69) is 22.3 Å². The minimum Gasteiger partial charge on any atom is -0.493 e. The quantitative estimate of drug-likeness (QED) is 0.574. The van der Waals surface area contributed by atoms with Gasteiger partial charge in [0, 0.05) is 41.6 Å². The van der Waals surface area contributed by atoms with Crippen LogP contribution in [0, 0.1) is 0 Å². The van der Waals surface area contributed by atoms with Crippen LogP contribution >= 0.6 is 22.9 Å². The SMILES string of the molecule is COc1ccc(CCc2sc(N3CCNCC3)nc2-c2ccccc2Cl)cc1OC. The molecule has 1 N–H and O–H groups in total. The summed E-state index contributed by atoms with van der Waals surface area (Å²) in [6.45, 7) is 3.93. The number of thiazole rings is 1. The molecule has 0 amide bonds. The molecule has 0 unspecified atom stereocenters. The number of aryl methyl sites for hydroxylation is 2. The van der Waals surface area contributed by atoms with Crippen molar-refractivity contribution >= 4 is 28.1 Å². The summed E-state index contributed by atoms with van der Waals surface area (Å²) in [4.78, 5) is 8.64. The third-order valence-electron chi connectivity index (χ3n) is 5.29. The Balaban J connectivity index is 1.62. The lowest BCUT2D eigenvalue weighted by molar-refractivity contribution is 0.354. The summed E-state index contributed by atoms with van der Waals surface area (Å²) in [6, 6.07) is 14.1. The minimum atomic E-state index is 0.738. The van der Waals surface area contributed by atoms with Crippen molar-refractivity contribution in [3.05, 3.63) is 57.9 Å². The van der Waals surface area contributed by atoms with Crippen molar-refractivity contribution in [3.63, 3.8) is 0 Å². The molecule has 1 aliphatic heterocycles. The number of nitrogens with zero attached hydrogens (tertiary/aromatic N) is 2. The van der Waals surface area contributed by atoms with E-state index in [0.29, 0.717) is 0 Å². The molecule has 30 heavy (non-hydrogen) atoms. The maximum Gasteiger partial charge on any atom is 0.186 e. The van der Waals surface area contributed by atoms with Gasteiger partial charge in [0.05, 0.1) is 19.9 Å². The molecule has 158 valence electrons. The van der Waals surface area contributed by atoms with E-state index >= 15 is 0 Å². The van der Waals surface area contributed by atoms with Gasteiger partial charge in [-0.15, -0.1) is 11.3 Å². The summed E-state index contributed by atoms with van der Waals surface area (Å²) in [5, 5.41) is 5.22. The van der Waals surface area contributed by atoms with Crippen LogP contribution in [0.4, 0.5) is 5.13 Å². The lowest BCUT2D eigenvalue weighted by Crippen LogP contribution is -2.43. The van der Waals surface area contributed by atoms with Crippen molar-refractivity contribution in [1.29, 1.82) is 0 Å². The number of ether oxygens (including phenoxy) is 2. The van der Waals surface area contributed by atoms with Crippen molar-refractivity contribution in [2.24, 2.45) is 0 Å². The highest BCUT2D eigenvalue weighted by atomic mass is 35.5. The van der Waals surface area contributed by atoms with Crippen LogP contribution in [0.5, 0.6) is 11.5 Å². The number of rotatable bonds is 7. The van der Waals surface area contributed by atoms with E-state index in [1.165, 1.54) is 10.4 Å². The molecule has 0 saturated carbocycles. The maximum absolute atomic E-state index is 6.53. The van der Waals surface area contributed by atoms with Crippen LogP contribution in [0.3, 0.4) is 0 Å². The van der Waals surface area contributed by atoms with Gasteiger partial charge in [0.25, 0.3) is 0 Å². The monoisotopic (exact) mass is 443 g/mol. The Morgan fingerprint density at radius 3 is 2.53 bits per heavy atom. The van der Waals surface area contributed by atoms with Gasteiger partial charge in [-0.05, 0) is 36.6 Å². The average Bonchev–Trinajstić information content (AvgIpc) is 3.22. The van der Waals surface area contributed by atoms with E-state index in [1.807, 2.05) is 30.3 Å². The Bertz CT molecular complexity index is 1000. The predicted octanol–water partition coefficient (Wildman–Crippen LogP) is 4.68. The first-order valence-corrected chi connectivity index (χ1v) is 11.3. The molecule has 2 heterocycles. The molecule has 0 bridgehead atoms. The fourth-order valence-corrected chi connectivity index (χ4v) is 5.01. The molecule has 1 saturated heterocycles. The number of anilines is 1.